The Kier molecular flexibility index (Phi) is 12.1. The summed E-state index contributed by atoms with van der Waals surface area (Å²) in [5, 5.41) is 0.213. The number of methoxy groups -OCH3 is 2. The van der Waals surface area contributed by atoms with Crippen LogP contribution in [0.25, 0.3) is 17.0 Å². The van der Waals surface area contributed by atoms with Crippen LogP contribution in [0.2, 0.25) is 5.02 Å². The second-order valence-electron chi connectivity index (χ2n) is 12.4. The second-order valence-corrected chi connectivity index (χ2v) is 12.8. The van der Waals surface area contributed by atoms with Crippen molar-refractivity contribution in [3.63, 3.8) is 0 Å². The number of aryl methyl sites for hydroxylation is 1. The number of halogens is 4. The van der Waals surface area contributed by atoms with Crippen molar-refractivity contribution in [2.45, 2.75) is 47.3 Å². The number of hydrogen-bond acceptors (Lipinski definition) is 8. The van der Waals surface area contributed by atoms with Crippen LogP contribution in [0.1, 0.15) is 50.1 Å². The summed E-state index contributed by atoms with van der Waals surface area (Å²) >= 11 is 6.07. The molecule has 0 radical (unpaired) electrons. The fraction of sp³-hybridized carbons (Fsp3) is 0.351. The van der Waals surface area contributed by atoms with Crippen LogP contribution in [-0.2, 0) is 17.5 Å². The summed E-state index contributed by atoms with van der Waals surface area (Å²) in [5.41, 5.74) is -0.125. The molecule has 0 aliphatic rings. The maximum absolute atomic E-state index is 14.6. The highest BCUT2D eigenvalue weighted by Crippen LogP contribution is 2.41. The lowest BCUT2D eigenvalue weighted by atomic mass is 10.1. The molecule has 3 aromatic carbocycles. The summed E-state index contributed by atoms with van der Waals surface area (Å²) in [7, 11) is 2.99. The Morgan fingerprint density at radius 3 is 2.18 bits per heavy atom. The first-order chi connectivity index (χ1) is 23.1. The molecule has 0 N–H and O–H groups in total. The molecular weight excluding hydrogens is 663 g/mol. The fourth-order valence-electron chi connectivity index (χ4n) is 5.33. The maximum Gasteiger partial charge on any atom is 0.453 e. The van der Waals surface area contributed by atoms with E-state index in [2.05, 4.69) is 0 Å². The normalized spacial score (nSPS) is 12.0. The molecule has 0 aliphatic carbocycles. The van der Waals surface area contributed by atoms with Crippen LogP contribution in [0.15, 0.2) is 63.8 Å². The Hall–Kier alpha value is -4.48. The van der Waals surface area contributed by atoms with Gasteiger partial charge in [0.05, 0.1) is 25.2 Å². The number of nitrogens with zero attached hydrogens (tertiary/aromatic N) is 1. The summed E-state index contributed by atoms with van der Waals surface area (Å²) in [6.07, 6.45) is -2.43. The first-order valence-corrected chi connectivity index (χ1v) is 16.0. The third-order valence-corrected chi connectivity index (χ3v) is 7.77. The van der Waals surface area contributed by atoms with Gasteiger partial charge in [0, 0.05) is 30.7 Å². The van der Waals surface area contributed by atoms with Crippen molar-refractivity contribution < 1.29 is 41.3 Å². The van der Waals surface area contributed by atoms with Crippen molar-refractivity contribution in [3.8, 4) is 28.7 Å². The molecule has 12 heteroatoms. The first kappa shape index (κ1) is 37.3. The molecule has 0 fully saturated rings. The van der Waals surface area contributed by atoms with Gasteiger partial charge in [0.1, 0.15) is 17.1 Å². The number of esters is 1. The van der Waals surface area contributed by atoms with E-state index in [-0.39, 0.29) is 46.4 Å². The van der Waals surface area contributed by atoms with E-state index in [9.17, 15) is 22.8 Å². The molecule has 0 saturated heterocycles. The van der Waals surface area contributed by atoms with Gasteiger partial charge in [-0.25, -0.2) is 4.79 Å². The van der Waals surface area contributed by atoms with Gasteiger partial charge in [0.2, 0.25) is 11.2 Å². The van der Waals surface area contributed by atoms with Gasteiger partial charge >= 0.3 is 12.1 Å². The van der Waals surface area contributed by atoms with Crippen LogP contribution in [0.5, 0.6) is 28.7 Å². The quantitative estimate of drug-likeness (QED) is 0.0775. The number of fused-ring (bicyclic) bond motifs is 1. The molecule has 4 rings (SSSR count). The summed E-state index contributed by atoms with van der Waals surface area (Å²) in [6.45, 7) is 10.9. The lowest BCUT2D eigenvalue weighted by Crippen LogP contribution is -2.31. The molecular formula is C37H39ClF3NO7. The summed E-state index contributed by atoms with van der Waals surface area (Å²) < 4.78 is 71.0. The Balaban J connectivity index is 1.85. The van der Waals surface area contributed by atoms with Crippen molar-refractivity contribution in [1.29, 1.82) is 0 Å². The van der Waals surface area contributed by atoms with Crippen LogP contribution in [0.4, 0.5) is 13.2 Å². The number of hydrogen-bond donors (Lipinski definition) is 0. The van der Waals surface area contributed by atoms with E-state index in [4.69, 9.17) is 35.0 Å². The van der Waals surface area contributed by atoms with E-state index in [0.29, 0.717) is 40.7 Å². The van der Waals surface area contributed by atoms with Gasteiger partial charge in [-0.1, -0.05) is 45.4 Å². The topological polar surface area (TPSA) is 87.4 Å². The van der Waals surface area contributed by atoms with Crippen LogP contribution < -0.4 is 24.4 Å². The van der Waals surface area contributed by atoms with Crippen LogP contribution in [0.3, 0.4) is 0 Å². The second kappa shape index (κ2) is 15.8. The lowest BCUT2D eigenvalue weighted by Gasteiger charge is -2.27. The third-order valence-electron chi connectivity index (χ3n) is 7.34. The summed E-state index contributed by atoms with van der Waals surface area (Å²) in [5.74, 6) is -2.15. The zero-order valence-electron chi connectivity index (χ0n) is 28.4. The van der Waals surface area contributed by atoms with Crippen molar-refractivity contribution in [2.24, 2.45) is 11.8 Å². The smallest absolute Gasteiger partial charge is 0.453 e. The molecule has 4 aromatic rings. The molecule has 0 spiro atoms. The summed E-state index contributed by atoms with van der Waals surface area (Å²) in [6, 6.07) is 11.9. The highest BCUT2D eigenvalue weighted by atomic mass is 35.5. The number of carbonyl (C=O) groups is 1. The Morgan fingerprint density at radius 1 is 0.939 bits per heavy atom. The van der Waals surface area contributed by atoms with Crippen molar-refractivity contribution >= 4 is 34.6 Å². The van der Waals surface area contributed by atoms with Crippen LogP contribution >= 0.6 is 11.6 Å². The predicted octanol–water partition coefficient (Wildman–Crippen LogP) is 9.32. The molecule has 0 atom stereocenters. The summed E-state index contributed by atoms with van der Waals surface area (Å²) in [4.78, 5) is 28.9. The van der Waals surface area contributed by atoms with Crippen molar-refractivity contribution in [3.05, 3.63) is 92.3 Å². The maximum atomic E-state index is 14.6. The van der Waals surface area contributed by atoms with E-state index >= 15 is 0 Å². The van der Waals surface area contributed by atoms with Crippen LogP contribution in [-0.4, -0.2) is 38.2 Å². The van der Waals surface area contributed by atoms with Gasteiger partial charge in [-0.3, -0.25) is 9.69 Å². The van der Waals surface area contributed by atoms with Gasteiger partial charge in [0.15, 0.2) is 11.5 Å². The van der Waals surface area contributed by atoms with E-state index in [1.807, 2.05) is 32.6 Å². The number of carbonyl (C=O) groups excluding carboxylic acids is 1. The molecule has 0 amide bonds. The average molecular weight is 702 g/mol. The zero-order chi connectivity index (χ0) is 36.0. The number of ether oxygens (including phenoxy) is 4. The standard InChI is InChI=1S/C37H39ClF3NO7/c1-21(2)18-42(19-22(3)4)20-27-29(48-32(43)15-9-24-8-13-30(45-6)31(17-24)46-7)14-11-26-33(44)35(36(37(39,40)41)49-34(26)27)47-25-10-12-28(38)23(5)16-25/h8-17,21-22H,18-20H2,1-7H3/b15-9+. The molecule has 8 nitrogen and oxygen atoms in total. The molecule has 262 valence electrons. The molecule has 0 bridgehead atoms. The van der Waals surface area contributed by atoms with Gasteiger partial charge in [-0.2, -0.15) is 13.2 Å². The van der Waals surface area contributed by atoms with E-state index in [0.717, 1.165) is 0 Å². The molecule has 0 aliphatic heterocycles. The number of benzene rings is 3. The molecule has 0 unspecified atom stereocenters. The fourth-order valence-corrected chi connectivity index (χ4v) is 5.44. The van der Waals surface area contributed by atoms with Gasteiger partial charge < -0.3 is 23.4 Å². The number of rotatable bonds is 13. The molecule has 1 heterocycles. The Bertz CT molecular complexity index is 1890. The highest BCUT2D eigenvalue weighted by molar-refractivity contribution is 6.31. The lowest BCUT2D eigenvalue weighted by molar-refractivity contribution is -0.154. The van der Waals surface area contributed by atoms with Crippen molar-refractivity contribution in [1.82, 2.24) is 4.90 Å². The SMILES string of the molecule is COc1ccc(/C=C/C(=O)Oc2ccc3c(=O)c(Oc4ccc(Cl)c(C)c4)c(C(F)(F)F)oc3c2CN(CC(C)C)CC(C)C)cc1OC. The van der Waals surface area contributed by atoms with Gasteiger partial charge in [-0.05, 0) is 78.4 Å². The minimum absolute atomic E-state index is 0.0221. The van der Waals surface area contributed by atoms with E-state index in [1.165, 1.54) is 56.7 Å². The van der Waals surface area contributed by atoms with Crippen molar-refractivity contribution in [2.75, 3.05) is 27.3 Å². The van der Waals surface area contributed by atoms with E-state index < -0.39 is 29.1 Å². The van der Waals surface area contributed by atoms with Gasteiger partial charge in [0.25, 0.3) is 5.76 Å². The average Bonchev–Trinajstić information content (AvgIpc) is 3.02. The minimum atomic E-state index is -5.11. The predicted molar refractivity (Wildman–Crippen MR) is 183 cm³/mol. The minimum Gasteiger partial charge on any atom is -0.493 e. The molecule has 0 saturated carbocycles. The monoisotopic (exact) mass is 701 g/mol. The largest absolute Gasteiger partial charge is 0.493 e. The molecule has 1 aromatic heterocycles. The molecule has 49 heavy (non-hydrogen) atoms. The first-order valence-electron chi connectivity index (χ1n) is 15.6. The van der Waals surface area contributed by atoms with E-state index in [1.54, 1.807) is 25.1 Å². The highest BCUT2D eigenvalue weighted by Gasteiger charge is 2.41. The third kappa shape index (κ3) is 9.36. The Labute approximate surface area is 288 Å². The zero-order valence-corrected chi connectivity index (χ0v) is 29.1. The van der Waals surface area contributed by atoms with Gasteiger partial charge in [-0.15, -0.1) is 0 Å². The Morgan fingerprint density at radius 2 is 1.59 bits per heavy atom. The number of alkyl halides is 3. The van der Waals surface area contributed by atoms with Crippen LogP contribution in [0, 0.1) is 18.8 Å².